The summed E-state index contributed by atoms with van der Waals surface area (Å²) in [6.07, 6.45) is 0.0784. The van der Waals surface area contributed by atoms with Crippen LogP contribution in [-0.2, 0) is 20.7 Å². The summed E-state index contributed by atoms with van der Waals surface area (Å²) in [7, 11) is 1.60. The van der Waals surface area contributed by atoms with Crippen molar-refractivity contribution in [2.75, 3.05) is 50.1 Å². The number of amides is 2. The zero-order chi connectivity index (χ0) is 20.9. The molecule has 2 amide bonds. The summed E-state index contributed by atoms with van der Waals surface area (Å²) < 4.78 is 10.6. The number of nitrogens with one attached hydrogen (secondary N) is 1. The van der Waals surface area contributed by atoms with Crippen LogP contribution in [0.25, 0.3) is 11.0 Å². The molecule has 2 heterocycles. The van der Waals surface area contributed by atoms with E-state index in [2.05, 4.69) is 15.4 Å². The molecule has 8 nitrogen and oxygen atoms in total. The number of likely N-dealkylation sites (N-methyl/N-ethyl adjacent to an activating group) is 1. The van der Waals surface area contributed by atoms with Crippen molar-refractivity contribution in [3.05, 3.63) is 54.2 Å². The van der Waals surface area contributed by atoms with Crippen molar-refractivity contribution in [1.29, 1.82) is 0 Å². The van der Waals surface area contributed by atoms with Gasteiger partial charge in [0.2, 0.25) is 11.8 Å². The molecule has 4 rings (SSSR count). The van der Waals surface area contributed by atoms with E-state index in [1.54, 1.807) is 13.1 Å². The van der Waals surface area contributed by atoms with Gasteiger partial charge < -0.3 is 24.4 Å². The van der Waals surface area contributed by atoms with Crippen LogP contribution in [0.3, 0.4) is 0 Å². The van der Waals surface area contributed by atoms with Gasteiger partial charge in [-0.2, -0.15) is 0 Å². The highest BCUT2D eigenvalue weighted by Gasteiger charge is 2.18. The molecular formula is C22H24N4O4. The first-order chi connectivity index (χ1) is 14.6. The molecule has 0 radical (unpaired) electrons. The van der Waals surface area contributed by atoms with Gasteiger partial charge in [0.1, 0.15) is 5.69 Å². The SMILES string of the molecule is CN(CC(=O)Nc1ccc(N2CCOCC2)cc1)C(=O)Cc1noc2ccccc12. The Morgan fingerprint density at radius 2 is 1.83 bits per heavy atom. The number of para-hydroxylation sites is 1. The molecule has 1 aliphatic heterocycles. The van der Waals surface area contributed by atoms with E-state index in [0.717, 1.165) is 37.4 Å². The van der Waals surface area contributed by atoms with Gasteiger partial charge >= 0.3 is 0 Å². The van der Waals surface area contributed by atoms with Gasteiger partial charge in [0, 0.05) is 36.9 Å². The zero-order valence-electron chi connectivity index (χ0n) is 16.8. The monoisotopic (exact) mass is 408 g/mol. The van der Waals surface area contributed by atoms with E-state index in [9.17, 15) is 9.59 Å². The zero-order valence-corrected chi connectivity index (χ0v) is 16.8. The molecule has 1 N–H and O–H groups in total. The lowest BCUT2D eigenvalue weighted by Crippen LogP contribution is -2.36. The van der Waals surface area contributed by atoms with Gasteiger partial charge in [-0.15, -0.1) is 0 Å². The van der Waals surface area contributed by atoms with Gasteiger partial charge in [0.05, 0.1) is 26.2 Å². The molecule has 2 aromatic carbocycles. The minimum absolute atomic E-state index is 0.0418. The first kappa shape index (κ1) is 19.9. The second-order valence-corrected chi connectivity index (χ2v) is 7.25. The van der Waals surface area contributed by atoms with Crippen LogP contribution < -0.4 is 10.2 Å². The lowest BCUT2D eigenvalue weighted by Gasteiger charge is -2.28. The maximum atomic E-state index is 12.5. The van der Waals surface area contributed by atoms with Crippen LogP contribution in [0.4, 0.5) is 11.4 Å². The molecule has 156 valence electrons. The molecule has 1 aliphatic rings. The number of nitrogens with zero attached hydrogens (tertiary/aromatic N) is 3. The summed E-state index contributed by atoms with van der Waals surface area (Å²) in [6.45, 7) is 3.13. The van der Waals surface area contributed by atoms with Gasteiger partial charge in [-0.25, -0.2) is 0 Å². The molecule has 0 atom stereocenters. The second-order valence-electron chi connectivity index (χ2n) is 7.25. The Balaban J connectivity index is 1.30. The lowest BCUT2D eigenvalue weighted by molar-refractivity contribution is -0.132. The molecule has 0 saturated carbocycles. The van der Waals surface area contributed by atoms with Crippen molar-refractivity contribution in [3.63, 3.8) is 0 Å². The molecule has 1 aromatic heterocycles. The minimum atomic E-state index is -0.255. The molecular weight excluding hydrogens is 384 g/mol. The number of benzene rings is 2. The fraction of sp³-hybridized carbons (Fsp3) is 0.318. The van der Waals surface area contributed by atoms with Crippen molar-refractivity contribution in [3.8, 4) is 0 Å². The Labute approximate surface area is 174 Å². The Kier molecular flexibility index (Phi) is 5.94. The van der Waals surface area contributed by atoms with E-state index in [4.69, 9.17) is 9.26 Å². The molecule has 30 heavy (non-hydrogen) atoms. The average molecular weight is 408 g/mol. The summed E-state index contributed by atoms with van der Waals surface area (Å²) >= 11 is 0. The van der Waals surface area contributed by atoms with Gasteiger partial charge in [0.25, 0.3) is 0 Å². The van der Waals surface area contributed by atoms with Crippen LogP contribution in [0, 0.1) is 0 Å². The molecule has 0 unspecified atom stereocenters. The third kappa shape index (κ3) is 4.60. The predicted octanol–water partition coefficient (Wildman–Crippen LogP) is 2.30. The summed E-state index contributed by atoms with van der Waals surface area (Å²) in [5.41, 5.74) is 3.01. The van der Waals surface area contributed by atoms with E-state index >= 15 is 0 Å². The number of rotatable bonds is 6. The van der Waals surface area contributed by atoms with E-state index in [1.807, 2.05) is 42.5 Å². The summed E-state index contributed by atoms with van der Waals surface area (Å²) in [5, 5.41) is 7.62. The second kappa shape index (κ2) is 8.96. The van der Waals surface area contributed by atoms with Gasteiger partial charge in [-0.05, 0) is 36.4 Å². The number of fused-ring (bicyclic) bond motifs is 1. The quantitative estimate of drug-likeness (QED) is 0.673. The Morgan fingerprint density at radius 1 is 1.10 bits per heavy atom. The summed E-state index contributed by atoms with van der Waals surface area (Å²) in [4.78, 5) is 28.5. The number of carbonyl (C=O) groups excluding carboxylic acids is 2. The highest BCUT2D eigenvalue weighted by atomic mass is 16.5. The van der Waals surface area contributed by atoms with Crippen LogP contribution in [0.2, 0.25) is 0 Å². The topological polar surface area (TPSA) is 87.9 Å². The van der Waals surface area contributed by atoms with E-state index in [1.165, 1.54) is 4.90 Å². The van der Waals surface area contributed by atoms with Crippen molar-refractivity contribution in [2.24, 2.45) is 0 Å². The van der Waals surface area contributed by atoms with Gasteiger partial charge in [-0.1, -0.05) is 17.3 Å². The Bertz CT molecular complexity index is 1030. The maximum Gasteiger partial charge on any atom is 0.243 e. The van der Waals surface area contributed by atoms with E-state index in [-0.39, 0.29) is 24.8 Å². The largest absolute Gasteiger partial charge is 0.378 e. The van der Waals surface area contributed by atoms with Crippen LogP contribution >= 0.6 is 0 Å². The maximum absolute atomic E-state index is 12.5. The lowest BCUT2D eigenvalue weighted by atomic mass is 10.1. The fourth-order valence-corrected chi connectivity index (χ4v) is 3.43. The average Bonchev–Trinajstić information content (AvgIpc) is 3.17. The van der Waals surface area contributed by atoms with Crippen LogP contribution in [-0.4, -0.2) is 61.8 Å². The minimum Gasteiger partial charge on any atom is -0.378 e. The molecule has 1 saturated heterocycles. The molecule has 0 bridgehead atoms. The Morgan fingerprint density at radius 3 is 2.60 bits per heavy atom. The van der Waals surface area contributed by atoms with Crippen molar-refractivity contribution in [2.45, 2.75) is 6.42 Å². The van der Waals surface area contributed by atoms with Gasteiger partial charge in [-0.3, -0.25) is 9.59 Å². The molecule has 3 aromatic rings. The third-order valence-corrected chi connectivity index (χ3v) is 5.10. The molecule has 0 aliphatic carbocycles. The van der Waals surface area contributed by atoms with Crippen molar-refractivity contribution >= 4 is 34.2 Å². The predicted molar refractivity (Wildman–Crippen MR) is 113 cm³/mol. The first-order valence-corrected chi connectivity index (χ1v) is 9.90. The standard InChI is InChI=1S/C22H24N4O4/c1-25(22(28)14-19-18-4-2-3-5-20(18)30-24-19)15-21(27)23-16-6-8-17(9-7-16)26-10-12-29-13-11-26/h2-9H,10-15H2,1H3,(H,23,27). The number of morpholine rings is 1. The fourth-order valence-electron chi connectivity index (χ4n) is 3.43. The molecule has 8 heteroatoms. The third-order valence-electron chi connectivity index (χ3n) is 5.10. The highest BCUT2D eigenvalue weighted by Crippen LogP contribution is 2.20. The smallest absolute Gasteiger partial charge is 0.243 e. The van der Waals surface area contributed by atoms with Crippen LogP contribution in [0.1, 0.15) is 5.69 Å². The highest BCUT2D eigenvalue weighted by molar-refractivity contribution is 5.95. The van der Waals surface area contributed by atoms with Crippen LogP contribution in [0.5, 0.6) is 0 Å². The molecule has 0 spiro atoms. The number of ether oxygens (including phenoxy) is 1. The number of carbonyl (C=O) groups is 2. The number of hydrogen-bond acceptors (Lipinski definition) is 6. The van der Waals surface area contributed by atoms with Gasteiger partial charge in [0.15, 0.2) is 5.58 Å². The normalized spacial score (nSPS) is 14.0. The van der Waals surface area contributed by atoms with Crippen molar-refractivity contribution in [1.82, 2.24) is 10.1 Å². The van der Waals surface area contributed by atoms with E-state index < -0.39 is 0 Å². The van der Waals surface area contributed by atoms with Crippen molar-refractivity contribution < 1.29 is 18.8 Å². The summed E-state index contributed by atoms with van der Waals surface area (Å²) in [6, 6.07) is 15.1. The number of anilines is 2. The molecule has 1 fully saturated rings. The summed E-state index contributed by atoms with van der Waals surface area (Å²) in [5.74, 6) is -0.457. The first-order valence-electron chi connectivity index (χ1n) is 9.90. The van der Waals surface area contributed by atoms with E-state index in [0.29, 0.717) is 17.0 Å². The Hall–Kier alpha value is -3.39. The number of aromatic nitrogens is 1. The number of hydrogen-bond donors (Lipinski definition) is 1. The van der Waals surface area contributed by atoms with Crippen LogP contribution in [0.15, 0.2) is 53.1 Å².